The summed E-state index contributed by atoms with van der Waals surface area (Å²) in [5.41, 5.74) is 2.54. The lowest BCUT2D eigenvalue weighted by Crippen LogP contribution is -2.08. The average molecular weight is 395 g/mol. The van der Waals surface area contributed by atoms with Crippen LogP contribution in [0.2, 0.25) is 0 Å². The van der Waals surface area contributed by atoms with Gasteiger partial charge in [0.25, 0.3) is 0 Å². The largest absolute Gasteiger partial charge is 0.324 e. The number of allylic oxidation sites excluding steroid dienone is 1. The van der Waals surface area contributed by atoms with Crippen molar-refractivity contribution in [2.45, 2.75) is 39.2 Å². The van der Waals surface area contributed by atoms with Crippen molar-refractivity contribution < 1.29 is 12.3 Å². The molecule has 2 aromatic heterocycles. The lowest BCUT2D eigenvalue weighted by atomic mass is 10.1. The third-order valence-corrected chi connectivity index (χ3v) is 5.41. The van der Waals surface area contributed by atoms with Gasteiger partial charge in [0.15, 0.2) is 0 Å². The zero-order valence-electron chi connectivity index (χ0n) is 17.9. The quantitative estimate of drug-likeness (QED) is 0.360. The number of hydrogen-bond acceptors (Lipinski definition) is 4. The number of nitrogens with zero attached hydrogens (tertiary/aromatic N) is 2. The zero-order valence-corrected chi connectivity index (χ0v) is 16.7. The second-order valence-electron chi connectivity index (χ2n) is 6.62. The molecule has 0 N–H and O–H groups in total. The molecule has 3 rings (SSSR count). The van der Waals surface area contributed by atoms with Gasteiger partial charge in [0, 0.05) is 29.8 Å². The highest BCUT2D eigenvalue weighted by atomic mass is 32.1. The second-order valence-corrected chi connectivity index (χ2v) is 7.65. The molecule has 2 heterocycles. The van der Waals surface area contributed by atoms with Crippen molar-refractivity contribution in [3.05, 3.63) is 81.1 Å². The molecule has 0 unspecified atom stereocenters. The first-order valence-corrected chi connectivity index (χ1v) is 10.2. The topological polar surface area (TPSA) is 52.0 Å². The number of benzene rings is 1. The lowest BCUT2D eigenvalue weighted by Gasteiger charge is -2.11. The Hall–Kier alpha value is -2.79. The van der Waals surface area contributed by atoms with E-state index in [4.69, 9.17) is 2.74 Å². The monoisotopic (exact) mass is 394 g/mol. The first-order valence-electron chi connectivity index (χ1n) is 10.4. The van der Waals surface area contributed by atoms with Crippen LogP contribution in [0.15, 0.2) is 53.5 Å². The summed E-state index contributed by atoms with van der Waals surface area (Å²) < 4.78 is 17.0. The average Bonchev–Trinajstić information content (AvgIpc) is 3.37. The van der Waals surface area contributed by atoms with Gasteiger partial charge in [-0.3, -0.25) is 9.59 Å². The molecule has 3 aromatic rings. The van der Waals surface area contributed by atoms with E-state index in [1.165, 1.54) is 0 Å². The highest BCUT2D eigenvalue weighted by Crippen LogP contribution is 2.19. The van der Waals surface area contributed by atoms with Crippen molar-refractivity contribution in [3.8, 4) is 0 Å². The van der Waals surface area contributed by atoms with Crippen molar-refractivity contribution in [3.63, 3.8) is 0 Å². The molecule has 0 bridgehead atoms. The fourth-order valence-corrected chi connectivity index (χ4v) is 3.75. The van der Waals surface area contributed by atoms with Gasteiger partial charge in [0.2, 0.25) is 0 Å². The Morgan fingerprint density at radius 3 is 2.71 bits per heavy atom. The maximum absolute atomic E-state index is 11.9. The molecular formula is C23H24N2O2S. The van der Waals surface area contributed by atoms with Crippen LogP contribution < -0.4 is 0 Å². The molecule has 0 aliphatic rings. The number of hydrogen-bond donors (Lipinski definition) is 0. The number of rotatable bonds is 10. The minimum Gasteiger partial charge on any atom is -0.324 e. The number of aromatic nitrogens is 2. The number of aldehydes is 2. The van der Waals surface area contributed by atoms with Crippen molar-refractivity contribution in [2.75, 3.05) is 0 Å². The molecular weight excluding hydrogens is 368 g/mol. The lowest BCUT2D eigenvalue weighted by molar-refractivity contribution is -0.104. The normalized spacial score (nSPS) is 12.5. The molecule has 0 atom stereocenters. The van der Waals surface area contributed by atoms with E-state index in [-0.39, 0.29) is 0 Å². The molecule has 0 amide bonds. The highest BCUT2D eigenvalue weighted by molar-refractivity contribution is 7.09. The second kappa shape index (κ2) is 9.95. The molecule has 28 heavy (non-hydrogen) atoms. The Morgan fingerprint density at radius 1 is 1.25 bits per heavy atom. The van der Waals surface area contributed by atoms with Crippen molar-refractivity contribution in [2.24, 2.45) is 0 Å². The minimum atomic E-state index is -0.705. The van der Waals surface area contributed by atoms with Gasteiger partial charge in [0.05, 0.1) is 11.9 Å². The smallest absolute Gasteiger partial charge is 0.150 e. The van der Waals surface area contributed by atoms with Crippen LogP contribution in [0.5, 0.6) is 0 Å². The molecule has 0 fully saturated rings. The Kier molecular flexibility index (Phi) is 6.15. The van der Waals surface area contributed by atoms with Gasteiger partial charge in [-0.1, -0.05) is 43.7 Å². The highest BCUT2D eigenvalue weighted by Gasteiger charge is 2.11. The summed E-state index contributed by atoms with van der Waals surface area (Å²) in [6, 6.07) is 10.9. The summed E-state index contributed by atoms with van der Waals surface area (Å²) in [4.78, 5) is 28.8. The van der Waals surface area contributed by atoms with E-state index in [1.807, 2.05) is 29.6 Å². The van der Waals surface area contributed by atoms with Crippen molar-refractivity contribution in [1.29, 1.82) is 0 Å². The van der Waals surface area contributed by atoms with E-state index >= 15 is 0 Å². The van der Waals surface area contributed by atoms with Gasteiger partial charge in [-0.25, -0.2) is 4.98 Å². The maximum atomic E-state index is 11.9. The van der Waals surface area contributed by atoms with Crippen LogP contribution in [0, 0.1) is 0 Å². The van der Waals surface area contributed by atoms with E-state index in [1.54, 1.807) is 35.7 Å². The summed E-state index contributed by atoms with van der Waals surface area (Å²) in [5.74, 6) is 0.927. The van der Waals surface area contributed by atoms with Crippen LogP contribution in [0.25, 0.3) is 6.08 Å². The summed E-state index contributed by atoms with van der Waals surface area (Å²) >= 11 is 1.56. The van der Waals surface area contributed by atoms with Crippen LogP contribution in [0.3, 0.4) is 0 Å². The maximum Gasteiger partial charge on any atom is 0.150 e. The number of unbranched alkanes of at least 4 members (excludes halogenated alkanes) is 1. The number of aryl methyl sites for hydroxylation is 1. The summed E-state index contributed by atoms with van der Waals surface area (Å²) in [7, 11) is 0. The molecule has 0 saturated heterocycles. The number of carbonyl (C=O) groups is 2. The number of carbonyl (C=O) groups excluding carboxylic acids is 2. The third-order valence-electron chi connectivity index (χ3n) is 4.53. The van der Waals surface area contributed by atoms with E-state index < -0.39 is 12.5 Å². The molecule has 144 valence electrons. The molecule has 0 aliphatic carbocycles. The van der Waals surface area contributed by atoms with E-state index in [9.17, 15) is 9.59 Å². The molecule has 5 heteroatoms. The Labute approximate surface area is 172 Å². The fraction of sp³-hybridized carbons (Fsp3) is 0.261. The zero-order chi connectivity index (χ0) is 21.5. The molecule has 0 spiro atoms. The minimum absolute atomic E-state index is 0.355. The predicted molar refractivity (Wildman–Crippen MR) is 114 cm³/mol. The summed E-state index contributed by atoms with van der Waals surface area (Å²) in [6.07, 6.45) is 5.43. The van der Waals surface area contributed by atoms with Crippen LogP contribution in [0.4, 0.5) is 0 Å². The molecule has 0 saturated carbocycles. The molecule has 1 aromatic carbocycles. The molecule has 0 aliphatic heterocycles. The SMILES string of the molecule is [2H]C(=O)C(=Cc1cnc(CCCC)n1Cc1ccc(C([2H])=O)cc1)Cc1cccs1. The first-order chi connectivity index (χ1) is 14.5. The van der Waals surface area contributed by atoms with Crippen LogP contribution in [-0.2, 0) is 24.2 Å². The number of imidazole rings is 1. The van der Waals surface area contributed by atoms with E-state index in [0.29, 0.717) is 24.1 Å². The van der Waals surface area contributed by atoms with Gasteiger partial charge < -0.3 is 4.57 Å². The van der Waals surface area contributed by atoms with Crippen molar-refractivity contribution >= 4 is 29.9 Å². The van der Waals surface area contributed by atoms with Crippen LogP contribution in [0.1, 0.15) is 54.8 Å². The first kappa shape index (κ1) is 17.3. The van der Waals surface area contributed by atoms with Gasteiger partial charge in [-0.15, -0.1) is 11.3 Å². The Balaban J connectivity index is 1.94. The number of thiophene rings is 1. The third kappa shape index (κ3) is 5.14. The van der Waals surface area contributed by atoms with Crippen molar-refractivity contribution in [1.82, 2.24) is 9.55 Å². The molecule has 0 radical (unpaired) electrons. The van der Waals surface area contributed by atoms with E-state index in [2.05, 4.69) is 16.5 Å². The van der Waals surface area contributed by atoms with Gasteiger partial charge in [0.1, 0.15) is 21.1 Å². The molecule has 4 nitrogen and oxygen atoms in total. The Morgan fingerprint density at radius 2 is 2.07 bits per heavy atom. The predicted octanol–water partition coefficient (Wildman–Crippen LogP) is 4.97. The van der Waals surface area contributed by atoms with Gasteiger partial charge in [-0.2, -0.15) is 0 Å². The van der Waals surface area contributed by atoms with Gasteiger partial charge >= 0.3 is 0 Å². The van der Waals surface area contributed by atoms with E-state index in [0.717, 1.165) is 41.2 Å². The Bertz CT molecular complexity index is 1040. The van der Waals surface area contributed by atoms with Crippen LogP contribution >= 0.6 is 11.3 Å². The van der Waals surface area contributed by atoms with Gasteiger partial charge in [-0.05, 0) is 35.1 Å². The summed E-state index contributed by atoms with van der Waals surface area (Å²) in [5, 5.41) is 1.96. The van der Waals surface area contributed by atoms with Crippen LogP contribution in [-0.4, -0.2) is 22.1 Å². The fourth-order valence-electron chi connectivity index (χ4n) is 3.02. The standard InChI is InChI=1S/C23H24N2O2S/c1-2-3-6-23-24-14-21(12-20(17-27)13-22-5-4-11-28-22)25(23)15-18-7-9-19(16-26)10-8-18/h4-5,7-12,14,16-17H,2-3,6,13,15H2,1H3/i16D,17D. The summed E-state index contributed by atoms with van der Waals surface area (Å²) in [6.45, 7) is 2.67.